The molecule has 1 saturated heterocycles. The molecule has 80 valence electrons. The normalized spacial score (nSPS) is 37.7. The molecule has 1 saturated carbocycles. The summed E-state index contributed by atoms with van der Waals surface area (Å²) in [6.45, 7) is 2.95. The largest absolute Gasteiger partial charge is 0.418 e. The fourth-order valence-electron chi connectivity index (χ4n) is 2.12. The molecule has 0 spiro atoms. The number of epoxide rings is 1. The summed E-state index contributed by atoms with van der Waals surface area (Å²) < 4.78 is 16.3. The second kappa shape index (κ2) is 4.75. The lowest BCUT2D eigenvalue weighted by Crippen LogP contribution is -2.25. The molecule has 1 aliphatic carbocycles. The quantitative estimate of drug-likeness (QED) is 0.509. The molecule has 1 heterocycles. The molecule has 0 aromatic heterocycles. The zero-order chi connectivity index (χ0) is 9.97. The van der Waals surface area contributed by atoms with Crippen LogP contribution in [0, 0.1) is 5.92 Å². The van der Waals surface area contributed by atoms with E-state index in [1.165, 1.54) is 19.3 Å². The van der Waals surface area contributed by atoms with Crippen LogP contribution in [0.3, 0.4) is 0 Å². The Morgan fingerprint density at radius 1 is 1.43 bits per heavy atom. The summed E-state index contributed by atoms with van der Waals surface area (Å²) in [6.07, 6.45) is 4.87. The Balaban J connectivity index is 1.60. The molecule has 2 aliphatic rings. The summed E-state index contributed by atoms with van der Waals surface area (Å²) in [4.78, 5) is 0. The molecule has 14 heavy (non-hydrogen) atoms. The van der Waals surface area contributed by atoms with Crippen molar-refractivity contribution in [1.82, 2.24) is 0 Å². The van der Waals surface area contributed by atoms with Crippen LogP contribution in [0.15, 0.2) is 0 Å². The molecule has 0 bridgehead atoms. The van der Waals surface area contributed by atoms with E-state index in [4.69, 9.17) is 13.9 Å². The van der Waals surface area contributed by atoms with Crippen molar-refractivity contribution in [1.29, 1.82) is 0 Å². The minimum atomic E-state index is 0.248. The number of rotatable bonds is 5. The van der Waals surface area contributed by atoms with E-state index in [1.807, 2.05) is 0 Å². The van der Waals surface area contributed by atoms with Crippen LogP contribution in [0.4, 0.5) is 0 Å². The topological polar surface area (TPSA) is 31.0 Å². The van der Waals surface area contributed by atoms with Crippen molar-refractivity contribution >= 4 is 9.76 Å². The second-order valence-electron chi connectivity index (χ2n) is 4.19. The van der Waals surface area contributed by atoms with Gasteiger partial charge in [0.25, 0.3) is 9.76 Å². The average molecular weight is 214 g/mol. The Bertz CT molecular complexity index is 188. The molecule has 4 unspecified atom stereocenters. The van der Waals surface area contributed by atoms with E-state index in [-0.39, 0.29) is 5.73 Å². The summed E-state index contributed by atoms with van der Waals surface area (Å²) in [7, 11) is 2.18. The first kappa shape index (κ1) is 10.6. The molecular weight excluding hydrogens is 196 g/mol. The van der Waals surface area contributed by atoms with E-state index in [0.717, 1.165) is 6.61 Å². The van der Waals surface area contributed by atoms with Crippen molar-refractivity contribution < 1.29 is 13.9 Å². The van der Waals surface area contributed by atoms with Crippen molar-refractivity contribution in [2.24, 2.45) is 5.92 Å². The van der Waals surface area contributed by atoms with E-state index in [1.54, 1.807) is 7.11 Å². The first-order valence-electron chi connectivity index (χ1n) is 5.35. The lowest BCUT2D eigenvalue weighted by molar-refractivity contribution is 0.0668. The van der Waals surface area contributed by atoms with E-state index in [0.29, 0.717) is 27.9 Å². The summed E-state index contributed by atoms with van der Waals surface area (Å²) in [5.41, 5.74) is 0.248. The van der Waals surface area contributed by atoms with E-state index < -0.39 is 0 Å². The fraction of sp³-hybridized carbons (Fsp3) is 1.00. The number of hydrogen-bond acceptors (Lipinski definition) is 3. The van der Waals surface area contributed by atoms with E-state index in [9.17, 15) is 0 Å². The first-order valence-corrected chi connectivity index (χ1v) is 6.33. The minimum Gasteiger partial charge on any atom is -0.418 e. The highest BCUT2D eigenvalue weighted by Crippen LogP contribution is 2.39. The SMILES string of the molecule is CO[Si]C(C)OCC1CCC2OC2C1. The predicted octanol–water partition coefficient (Wildman–Crippen LogP) is 1.18. The van der Waals surface area contributed by atoms with Gasteiger partial charge in [-0.2, -0.15) is 0 Å². The highest BCUT2D eigenvalue weighted by molar-refractivity contribution is 6.28. The first-order chi connectivity index (χ1) is 6.79. The molecule has 3 nitrogen and oxygen atoms in total. The molecule has 4 heteroatoms. The van der Waals surface area contributed by atoms with Gasteiger partial charge in [0.2, 0.25) is 0 Å². The minimum absolute atomic E-state index is 0.248. The molecule has 2 radical (unpaired) electrons. The predicted molar refractivity (Wildman–Crippen MR) is 54.2 cm³/mol. The third kappa shape index (κ3) is 2.79. The summed E-state index contributed by atoms with van der Waals surface area (Å²) in [5, 5.41) is 0. The lowest BCUT2D eigenvalue weighted by atomic mass is 9.90. The summed E-state index contributed by atoms with van der Waals surface area (Å²) in [5.74, 6) is 0.711. The number of fused-ring (bicyclic) bond motifs is 1. The van der Waals surface area contributed by atoms with Crippen LogP contribution >= 0.6 is 0 Å². The van der Waals surface area contributed by atoms with Gasteiger partial charge in [0.1, 0.15) is 0 Å². The monoisotopic (exact) mass is 214 g/mol. The highest BCUT2D eigenvalue weighted by atomic mass is 28.2. The Hall–Kier alpha value is 0.0969. The molecular formula is C10H18O3Si. The third-order valence-corrected chi connectivity index (χ3v) is 3.71. The van der Waals surface area contributed by atoms with Gasteiger partial charge in [0, 0.05) is 13.7 Å². The van der Waals surface area contributed by atoms with Crippen molar-refractivity contribution in [3.63, 3.8) is 0 Å². The van der Waals surface area contributed by atoms with Crippen molar-refractivity contribution in [2.45, 2.75) is 44.1 Å². The smallest absolute Gasteiger partial charge is 0.261 e. The van der Waals surface area contributed by atoms with Crippen LogP contribution in [0.2, 0.25) is 0 Å². The molecule has 0 aromatic carbocycles. The van der Waals surface area contributed by atoms with Crippen LogP contribution < -0.4 is 0 Å². The lowest BCUT2D eigenvalue weighted by Gasteiger charge is -2.20. The zero-order valence-corrected chi connectivity index (χ0v) is 9.86. The number of hydrogen-bond donors (Lipinski definition) is 0. The van der Waals surface area contributed by atoms with Gasteiger partial charge in [0.15, 0.2) is 0 Å². The summed E-state index contributed by atoms with van der Waals surface area (Å²) >= 11 is 0. The maximum Gasteiger partial charge on any atom is 0.261 e. The van der Waals surface area contributed by atoms with Crippen LogP contribution in [0.5, 0.6) is 0 Å². The number of ether oxygens (including phenoxy) is 2. The maximum absolute atomic E-state index is 5.72. The van der Waals surface area contributed by atoms with Crippen molar-refractivity contribution in [3.05, 3.63) is 0 Å². The molecule has 0 N–H and O–H groups in total. The molecule has 4 atom stereocenters. The molecule has 2 rings (SSSR count). The van der Waals surface area contributed by atoms with Crippen LogP contribution in [-0.4, -0.2) is 41.4 Å². The maximum atomic E-state index is 5.72. The second-order valence-corrected chi connectivity index (χ2v) is 5.65. The Morgan fingerprint density at radius 3 is 3.00 bits per heavy atom. The van der Waals surface area contributed by atoms with Gasteiger partial charge in [-0.25, -0.2) is 0 Å². The van der Waals surface area contributed by atoms with E-state index in [2.05, 4.69) is 6.92 Å². The van der Waals surface area contributed by atoms with Crippen LogP contribution in [0.25, 0.3) is 0 Å². The van der Waals surface area contributed by atoms with Gasteiger partial charge in [-0.05, 0) is 32.1 Å². The van der Waals surface area contributed by atoms with E-state index >= 15 is 0 Å². The molecule has 2 fully saturated rings. The Morgan fingerprint density at radius 2 is 2.29 bits per heavy atom. The van der Waals surface area contributed by atoms with Crippen LogP contribution in [-0.2, 0) is 13.9 Å². The van der Waals surface area contributed by atoms with Gasteiger partial charge in [-0.3, -0.25) is 0 Å². The van der Waals surface area contributed by atoms with Gasteiger partial charge in [0.05, 0.1) is 17.9 Å². The standard InChI is InChI=1S/C10H18O3Si/c1-7(14-11-2)12-6-8-3-4-9-10(5-8)13-9/h7-10H,3-6H2,1-2H3. The molecule has 1 aliphatic heterocycles. The zero-order valence-electron chi connectivity index (χ0n) is 8.86. The molecule has 0 aromatic rings. The van der Waals surface area contributed by atoms with Crippen molar-refractivity contribution in [3.8, 4) is 0 Å². The highest BCUT2D eigenvalue weighted by Gasteiger charge is 2.43. The molecule has 0 amide bonds. The average Bonchev–Trinajstić information content (AvgIpc) is 2.93. The third-order valence-electron chi connectivity index (χ3n) is 2.98. The van der Waals surface area contributed by atoms with Gasteiger partial charge in [-0.15, -0.1) is 0 Å². The van der Waals surface area contributed by atoms with Gasteiger partial charge >= 0.3 is 0 Å². The Kier molecular flexibility index (Phi) is 3.60. The summed E-state index contributed by atoms with van der Waals surface area (Å²) in [6, 6.07) is 0. The van der Waals surface area contributed by atoms with Crippen LogP contribution in [0.1, 0.15) is 26.2 Å². The van der Waals surface area contributed by atoms with Gasteiger partial charge < -0.3 is 13.9 Å². The van der Waals surface area contributed by atoms with Crippen molar-refractivity contribution in [2.75, 3.05) is 13.7 Å². The fourth-order valence-corrected chi connectivity index (χ4v) is 2.61. The Labute approximate surface area is 88.1 Å². The van der Waals surface area contributed by atoms with Gasteiger partial charge in [-0.1, -0.05) is 0 Å².